The Labute approximate surface area is 146 Å². The summed E-state index contributed by atoms with van der Waals surface area (Å²) in [4.78, 5) is 24.1. The molecule has 25 heavy (non-hydrogen) atoms. The first-order valence-electron chi connectivity index (χ1n) is 8.67. The molecule has 0 saturated carbocycles. The highest BCUT2D eigenvalue weighted by molar-refractivity contribution is 5.43. The average molecular weight is 337 g/mol. The Balaban J connectivity index is 1.69. The highest BCUT2D eigenvalue weighted by Crippen LogP contribution is 2.22. The fraction of sp³-hybridized carbons (Fsp3) is 0.421. The van der Waals surface area contributed by atoms with Crippen molar-refractivity contribution in [2.45, 2.75) is 45.7 Å². The number of pyridine rings is 1. The van der Waals surface area contributed by atoms with Gasteiger partial charge in [-0.1, -0.05) is 20.8 Å². The van der Waals surface area contributed by atoms with Crippen LogP contribution in [0.1, 0.15) is 43.3 Å². The van der Waals surface area contributed by atoms with Gasteiger partial charge in [-0.2, -0.15) is 0 Å². The second-order valence-electron chi connectivity index (χ2n) is 7.77. The van der Waals surface area contributed by atoms with Crippen molar-refractivity contribution in [3.8, 4) is 0 Å². The third-order valence-electron chi connectivity index (χ3n) is 4.80. The maximum Gasteiger partial charge on any atom is 0.277 e. The maximum absolute atomic E-state index is 13.0. The van der Waals surface area contributed by atoms with Crippen molar-refractivity contribution in [2.75, 3.05) is 6.54 Å². The van der Waals surface area contributed by atoms with Crippen molar-refractivity contribution < 1.29 is 0 Å². The zero-order chi connectivity index (χ0) is 17.6. The highest BCUT2D eigenvalue weighted by Gasteiger charge is 2.24. The van der Waals surface area contributed by atoms with Gasteiger partial charge in [0.15, 0.2) is 5.65 Å². The third kappa shape index (κ3) is 2.98. The van der Waals surface area contributed by atoms with Crippen LogP contribution >= 0.6 is 0 Å². The van der Waals surface area contributed by atoms with Gasteiger partial charge < -0.3 is 0 Å². The number of hydrogen-bond acceptors (Lipinski definition) is 4. The lowest BCUT2D eigenvalue weighted by atomic mass is 9.93. The van der Waals surface area contributed by atoms with Crippen LogP contribution < -0.4 is 5.56 Å². The van der Waals surface area contributed by atoms with Gasteiger partial charge in [0.2, 0.25) is 0 Å². The van der Waals surface area contributed by atoms with Crippen LogP contribution in [0.2, 0.25) is 0 Å². The average Bonchev–Trinajstić information content (AvgIpc) is 3.01. The summed E-state index contributed by atoms with van der Waals surface area (Å²) < 4.78 is 1.59. The minimum atomic E-state index is -0.0476. The van der Waals surface area contributed by atoms with E-state index in [1.54, 1.807) is 16.9 Å². The Bertz CT molecular complexity index is 965. The topological polar surface area (TPSA) is 66.3 Å². The van der Waals surface area contributed by atoms with Crippen molar-refractivity contribution in [3.05, 3.63) is 63.5 Å². The Morgan fingerprint density at radius 3 is 2.72 bits per heavy atom. The van der Waals surface area contributed by atoms with Gasteiger partial charge in [0, 0.05) is 55.6 Å². The van der Waals surface area contributed by atoms with E-state index < -0.39 is 0 Å². The molecule has 0 aliphatic carbocycles. The number of nitrogens with zero attached hydrogens (tertiary/aromatic N) is 4. The van der Waals surface area contributed by atoms with Crippen molar-refractivity contribution in [2.24, 2.45) is 0 Å². The van der Waals surface area contributed by atoms with Crippen LogP contribution in [0.5, 0.6) is 0 Å². The molecule has 0 atom stereocenters. The van der Waals surface area contributed by atoms with Crippen LogP contribution in [0.25, 0.3) is 5.65 Å². The lowest BCUT2D eigenvalue weighted by Crippen LogP contribution is -2.36. The molecule has 6 heteroatoms. The van der Waals surface area contributed by atoms with Crippen LogP contribution in [0.15, 0.2) is 35.4 Å². The maximum atomic E-state index is 13.0. The van der Waals surface area contributed by atoms with Crippen molar-refractivity contribution in [3.63, 3.8) is 0 Å². The second-order valence-corrected chi connectivity index (χ2v) is 7.77. The predicted octanol–water partition coefficient (Wildman–Crippen LogP) is 2.27. The van der Waals surface area contributed by atoms with E-state index in [9.17, 15) is 4.79 Å². The first-order chi connectivity index (χ1) is 11.9. The molecule has 130 valence electrons. The van der Waals surface area contributed by atoms with Gasteiger partial charge in [0.25, 0.3) is 5.56 Å². The van der Waals surface area contributed by atoms with Gasteiger partial charge in [0.05, 0.1) is 11.3 Å². The number of H-pyrrole nitrogens is 1. The summed E-state index contributed by atoms with van der Waals surface area (Å²) in [7, 11) is 0. The fourth-order valence-electron chi connectivity index (χ4n) is 3.30. The summed E-state index contributed by atoms with van der Waals surface area (Å²) >= 11 is 0. The number of aromatic amines is 1. The Morgan fingerprint density at radius 2 is 2.00 bits per heavy atom. The zero-order valence-corrected chi connectivity index (χ0v) is 14.9. The number of fused-ring (bicyclic) bond motifs is 2. The molecule has 3 aromatic rings. The molecule has 0 aromatic carbocycles. The van der Waals surface area contributed by atoms with Gasteiger partial charge in [-0.05, 0) is 17.7 Å². The van der Waals surface area contributed by atoms with Crippen LogP contribution in [0, 0.1) is 0 Å². The molecular weight excluding hydrogens is 314 g/mol. The molecule has 0 amide bonds. The molecule has 3 aromatic heterocycles. The Morgan fingerprint density at radius 1 is 1.24 bits per heavy atom. The van der Waals surface area contributed by atoms with Crippen LogP contribution in [0.4, 0.5) is 0 Å². The van der Waals surface area contributed by atoms with Crippen molar-refractivity contribution in [1.82, 2.24) is 24.5 Å². The smallest absolute Gasteiger partial charge is 0.277 e. The summed E-state index contributed by atoms with van der Waals surface area (Å²) in [6, 6.07) is 6.03. The number of nitrogens with one attached hydrogen (secondary N) is 1. The molecule has 0 unspecified atom stereocenters. The molecule has 6 nitrogen and oxygen atoms in total. The SMILES string of the molecule is CC(C)(C)c1cc2nc3c(c(=O)n2[nH]1)CN(Cc1ccncc1)CC3. The van der Waals surface area contributed by atoms with E-state index in [4.69, 9.17) is 4.98 Å². The van der Waals surface area contributed by atoms with E-state index in [0.29, 0.717) is 6.54 Å². The molecule has 1 aliphatic rings. The van der Waals surface area contributed by atoms with Crippen LogP contribution in [0.3, 0.4) is 0 Å². The molecule has 0 spiro atoms. The third-order valence-corrected chi connectivity index (χ3v) is 4.80. The van der Waals surface area contributed by atoms with E-state index in [1.165, 1.54) is 5.56 Å². The van der Waals surface area contributed by atoms with Gasteiger partial charge in [-0.3, -0.25) is 19.8 Å². The zero-order valence-electron chi connectivity index (χ0n) is 14.9. The number of hydrogen-bond donors (Lipinski definition) is 1. The Kier molecular flexibility index (Phi) is 3.72. The number of aromatic nitrogens is 4. The lowest BCUT2D eigenvalue weighted by Gasteiger charge is -2.27. The Hall–Kier alpha value is -2.47. The standard InChI is InChI=1S/C19H23N5O/c1-19(2,3)16-10-17-21-15-6-9-23(11-13-4-7-20-8-5-13)12-14(15)18(25)24(17)22-16/h4-5,7-8,10,22H,6,9,11-12H2,1-3H3. The van der Waals surface area contributed by atoms with E-state index in [0.717, 1.165) is 42.1 Å². The second kappa shape index (κ2) is 5.81. The molecule has 1 N–H and O–H groups in total. The first-order valence-corrected chi connectivity index (χ1v) is 8.67. The van der Waals surface area contributed by atoms with E-state index in [2.05, 4.69) is 35.8 Å². The molecule has 0 saturated heterocycles. The summed E-state index contributed by atoms with van der Waals surface area (Å²) in [5, 5.41) is 3.23. The lowest BCUT2D eigenvalue weighted by molar-refractivity contribution is 0.241. The fourth-order valence-corrected chi connectivity index (χ4v) is 3.30. The van der Waals surface area contributed by atoms with Crippen molar-refractivity contribution >= 4 is 5.65 Å². The normalized spacial score (nSPS) is 15.5. The summed E-state index contributed by atoms with van der Waals surface area (Å²) in [6.07, 6.45) is 4.42. The van der Waals surface area contributed by atoms with E-state index in [-0.39, 0.29) is 11.0 Å². The minimum absolute atomic E-state index is 0.0231. The number of rotatable bonds is 2. The first kappa shape index (κ1) is 16.0. The quantitative estimate of drug-likeness (QED) is 0.779. The molecular formula is C19H23N5O. The van der Waals surface area contributed by atoms with Gasteiger partial charge in [-0.15, -0.1) is 0 Å². The minimum Gasteiger partial charge on any atom is -0.294 e. The molecule has 4 heterocycles. The monoisotopic (exact) mass is 337 g/mol. The highest BCUT2D eigenvalue weighted by atomic mass is 16.1. The van der Waals surface area contributed by atoms with E-state index >= 15 is 0 Å². The van der Waals surface area contributed by atoms with Gasteiger partial charge >= 0.3 is 0 Å². The summed E-state index contributed by atoms with van der Waals surface area (Å²) in [5.41, 5.74) is 4.67. The molecule has 0 fully saturated rings. The van der Waals surface area contributed by atoms with Crippen molar-refractivity contribution in [1.29, 1.82) is 0 Å². The molecule has 4 rings (SSSR count). The van der Waals surface area contributed by atoms with Crippen LogP contribution in [-0.2, 0) is 24.9 Å². The molecule has 1 aliphatic heterocycles. The van der Waals surface area contributed by atoms with Gasteiger partial charge in [0.1, 0.15) is 0 Å². The van der Waals surface area contributed by atoms with Gasteiger partial charge in [-0.25, -0.2) is 9.50 Å². The molecule has 0 bridgehead atoms. The predicted molar refractivity (Wildman–Crippen MR) is 96.6 cm³/mol. The van der Waals surface area contributed by atoms with Crippen LogP contribution in [-0.4, -0.2) is 31.0 Å². The summed E-state index contributed by atoms with van der Waals surface area (Å²) in [5.74, 6) is 0. The summed E-state index contributed by atoms with van der Waals surface area (Å²) in [6.45, 7) is 8.74. The van der Waals surface area contributed by atoms with E-state index in [1.807, 2.05) is 18.2 Å². The largest absolute Gasteiger partial charge is 0.294 e. The molecule has 0 radical (unpaired) electrons.